The maximum atomic E-state index is 13.9. The molecule has 5 rings (SSSR count). The van der Waals surface area contributed by atoms with Crippen molar-refractivity contribution in [1.29, 1.82) is 0 Å². The third-order valence-corrected chi connectivity index (χ3v) is 8.22. The number of anilines is 1. The number of aromatic nitrogens is 1. The van der Waals surface area contributed by atoms with Crippen LogP contribution in [0.25, 0.3) is 17.0 Å². The van der Waals surface area contributed by atoms with E-state index in [1.807, 2.05) is 70.2 Å². The Morgan fingerprint density at radius 3 is 2.41 bits per heavy atom. The van der Waals surface area contributed by atoms with Crippen molar-refractivity contribution in [1.82, 2.24) is 9.47 Å². The summed E-state index contributed by atoms with van der Waals surface area (Å²) < 4.78 is 8.27. The monoisotopic (exact) mass is 533 g/mol. The van der Waals surface area contributed by atoms with E-state index in [0.717, 1.165) is 27.7 Å². The topological polar surface area (TPSA) is 54.8 Å². The van der Waals surface area contributed by atoms with Crippen LogP contribution in [0.15, 0.2) is 58.2 Å². The van der Waals surface area contributed by atoms with Gasteiger partial charge in [0.15, 0.2) is 0 Å². The van der Waals surface area contributed by atoms with Crippen molar-refractivity contribution >= 4 is 56.9 Å². The number of benzene rings is 2. The van der Waals surface area contributed by atoms with Crippen molar-refractivity contribution in [3.8, 4) is 0 Å². The van der Waals surface area contributed by atoms with Crippen LogP contribution >= 0.6 is 24.0 Å². The first-order valence-electron chi connectivity index (χ1n) is 12.6. The Morgan fingerprint density at radius 1 is 1.05 bits per heavy atom. The minimum atomic E-state index is -0.166. The van der Waals surface area contributed by atoms with E-state index in [2.05, 4.69) is 11.0 Å². The summed E-state index contributed by atoms with van der Waals surface area (Å²) in [5.74, 6) is -0.166. The molecule has 2 atom stereocenters. The largest absolute Gasteiger partial charge is 0.372 e. The van der Waals surface area contributed by atoms with Crippen molar-refractivity contribution < 1.29 is 9.53 Å². The second-order valence-corrected chi connectivity index (χ2v) is 11.4. The molecule has 0 radical (unpaired) electrons. The van der Waals surface area contributed by atoms with Crippen LogP contribution in [0, 0.1) is 6.92 Å². The molecule has 8 heteroatoms. The number of morpholine rings is 1. The van der Waals surface area contributed by atoms with E-state index in [9.17, 15) is 9.59 Å². The molecule has 6 nitrogen and oxygen atoms in total. The zero-order valence-corrected chi connectivity index (χ0v) is 23.2. The molecule has 0 bridgehead atoms. The number of aryl methyl sites for hydroxylation is 2. The van der Waals surface area contributed by atoms with E-state index in [1.54, 1.807) is 15.5 Å². The third-order valence-electron chi connectivity index (χ3n) is 6.84. The Bertz CT molecular complexity index is 1450. The molecule has 2 saturated heterocycles. The van der Waals surface area contributed by atoms with Gasteiger partial charge >= 0.3 is 0 Å². The number of thiocarbonyl (C=S) groups is 1. The van der Waals surface area contributed by atoms with E-state index in [4.69, 9.17) is 17.0 Å². The molecule has 192 valence electrons. The fraction of sp³-hybridized carbons (Fsp3) is 0.345. The van der Waals surface area contributed by atoms with E-state index in [0.29, 0.717) is 41.0 Å². The van der Waals surface area contributed by atoms with Crippen molar-refractivity contribution in [2.45, 2.75) is 53.0 Å². The zero-order valence-electron chi connectivity index (χ0n) is 21.6. The fourth-order valence-electron chi connectivity index (χ4n) is 5.20. The van der Waals surface area contributed by atoms with Gasteiger partial charge in [-0.2, -0.15) is 0 Å². The summed E-state index contributed by atoms with van der Waals surface area (Å²) in [4.78, 5) is 31.8. The smallest absolute Gasteiger partial charge is 0.266 e. The van der Waals surface area contributed by atoms with E-state index >= 15 is 0 Å². The van der Waals surface area contributed by atoms with Crippen LogP contribution in [0.5, 0.6) is 0 Å². The van der Waals surface area contributed by atoms with E-state index < -0.39 is 0 Å². The normalized spacial score (nSPS) is 21.5. The van der Waals surface area contributed by atoms with Gasteiger partial charge in [-0.15, -0.1) is 0 Å². The molecule has 1 aromatic heterocycles. The highest BCUT2D eigenvalue weighted by Gasteiger charge is 2.34. The standard InChI is InChI=1S/C29H31N3O3S2/c1-5-31-24-9-7-6-8-22(24)26(30-15-19(3)35-20(4)16-30)23(27(31)33)14-25-28(34)32(29(36)37-25)17-21-12-10-18(2)11-13-21/h6-14,19-20H,5,15-17H2,1-4H3. The molecule has 3 heterocycles. The molecule has 0 N–H and O–H groups in total. The first kappa shape index (κ1) is 25.7. The molecular formula is C29H31N3O3S2. The molecule has 2 unspecified atom stereocenters. The molecule has 2 aliphatic rings. The van der Waals surface area contributed by atoms with Crippen LogP contribution in [0.4, 0.5) is 5.69 Å². The van der Waals surface area contributed by atoms with Crippen molar-refractivity contribution in [3.63, 3.8) is 0 Å². The van der Waals surface area contributed by atoms with Crippen LogP contribution < -0.4 is 10.5 Å². The number of hydrogen-bond acceptors (Lipinski definition) is 6. The summed E-state index contributed by atoms with van der Waals surface area (Å²) in [5, 5.41) is 0.992. The number of amides is 1. The number of carbonyl (C=O) groups is 1. The number of hydrogen-bond donors (Lipinski definition) is 0. The lowest BCUT2D eigenvalue weighted by Gasteiger charge is -2.38. The lowest BCUT2D eigenvalue weighted by Crippen LogP contribution is -2.46. The minimum Gasteiger partial charge on any atom is -0.372 e. The maximum absolute atomic E-state index is 13.9. The van der Waals surface area contributed by atoms with Crippen LogP contribution in [0.1, 0.15) is 37.5 Å². The maximum Gasteiger partial charge on any atom is 0.266 e. The molecule has 0 saturated carbocycles. The van der Waals surface area contributed by atoms with Gasteiger partial charge in [0.1, 0.15) is 4.32 Å². The quantitative estimate of drug-likeness (QED) is 0.326. The number of pyridine rings is 1. The van der Waals surface area contributed by atoms with E-state index in [-0.39, 0.29) is 23.7 Å². The number of ether oxygens (including phenoxy) is 1. The molecule has 0 aliphatic carbocycles. The SMILES string of the molecule is CCn1c(=O)c(C=C2SC(=S)N(Cc3ccc(C)cc3)C2=O)c(N2CC(C)OC(C)C2)c2ccccc21. The average Bonchev–Trinajstić information content (AvgIpc) is 3.12. The molecule has 2 fully saturated rings. The molecule has 1 amide bonds. The number of carbonyl (C=O) groups excluding carboxylic acids is 1. The second kappa shape index (κ2) is 10.4. The summed E-state index contributed by atoms with van der Waals surface area (Å²) in [6.07, 6.45) is 1.81. The number of nitrogens with zero attached hydrogens (tertiary/aromatic N) is 3. The molecule has 37 heavy (non-hydrogen) atoms. The number of thioether (sulfide) groups is 1. The van der Waals surface area contributed by atoms with Crippen LogP contribution in [0.3, 0.4) is 0 Å². The van der Waals surface area contributed by atoms with Gasteiger partial charge in [-0.3, -0.25) is 14.5 Å². The van der Waals surface area contributed by atoms with Crippen LogP contribution in [-0.2, 0) is 22.6 Å². The predicted molar refractivity (Wildman–Crippen MR) is 156 cm³/mol. The summed E-state index contributed by atoms with van der Waals surface area (Å²) >= 11 is 6.86. The molecular weight excluding hydrogens is 502 g/mol. The Morgan fingerprint density at radius 2 is 1.73 bits per heavy atom. The Hall–Kier alpha value is -2.94. The number of rotatable bonds is 5. The Balaban J connectivity index is 1.62. The third kappa shape index (κ3) is 4.98. The van der Waals surface area contributed by atoms with Gasteiger partial charge in [0.25, 0.3) is 11.5 Å². The van der Waals surface area contributed by atoms with Gasteiger partial charge < -0.3 is 14.2 Å². The molecule has 2 aliphatic heterocycles. The minimum absolute atomic E-state index is 0.0247. The zero-order chi connectivity index (χ0) is 26.3. The number of fused-ring (bicyclic) bond motifs is 1. The predicted octanol–water partition coefficient (Wildman–Crippen LogP) is 5.34. The Labute approximate surface area is 226 Å². The van der Waals surface area contributed by atoms with E-state index in [1.165, 1.54) is 11.8 Å². The molecule has 2 aromatic carbocycles. The second-order valence-electron chi connectivity index (χ2n) is 9.74. The van der Waals surface area contributed by atoms with Gasteiger partial charge in [0.2, 0.25) is 0 Å². The first-order chi connectivity index (χ1) is 17.8. The lowest BCUT2D eigenvalue weighted by atomic mass is 10.0. The summed E-state index contributed by atoms with van der Waals surface area (Å²) in [6.45, 7) is 10.4. The van der Waals surface area contributed by atoms with Gasteiger partial charge in [-0.25, -0.2) is 0 Å². The highest BCUT2D eigenvalue weighted by molar-refractivity contribution is 8.26. The van der Waals surface area contributed by atoms with Crippen molar-refractivity contribution in [2.24, 2.45) is 0 Å². The van der Waals surface area contributed by atoms with Gasteiger partial charge in [-0.05, 0) is 45.4 Å². The fourth-order valence-corrected chi connectivity index (χ4v) is 6.44. The summed E-state index contributed by atoms with van der Waals surface area (Å²) in [7, 11) is 0. The Kier molecular flexibility index (Phi) is 7.25. The van der Waals surface area contributed by atoms with Crippen LogP contribution in [0.2, 0.25) is 0 Å². The number of para-hydroxylation sites is 1. The van der Waals surface area contributed by atoms with Crippen LogP contribution in [-0.4, -0.2) is 45.0 Å². The molecule has 3 aromatic rings. The first-order valence-corrected chi connectivity index (χ1v) is 13.9. The van der Waals surface area contributed by atoms with Crippen molar-refractivity contribution in [2.75, 3.05) is 18.0 Å². The highest BCUT2D eigenvalue weighted by atomic mass is 32.2. The van der Waals surface area contributed by atoms with Gasteiger partial charge in [0.05, 0.1) is 40.4 Å². The average molecular weight is 534 g/mol. The summed E-state index contributed by atoms with van der Waals surface area (Å²) in [5.41, 5.74) is 4.34. The molecule has 0 spiro atoms. The lowest BCUT2D eigenvalue weighted by molar-refractivity contribution is -0.122. The highest BCUT2D eigenvalue weighted by Crippen LogP contribution is 2.37. The van der Waals surface area contributed by atoms with Crippen molar-refractivity contribution in [3.05, 3.63) is 80.5 Å². The summed E-state index contributed by atoms with van der Waals surface area (Å²) in [6, 6.07) is 16.1. The van der Waals surface area contributed by atoms with Gasteiger partial charge in [0, 0.05) is 25.0 Å². The van der Waals surface area contributed by atoms with Gasteiger partial charge in [-0.1, -0.05) is 72.0 Å².